The van der Waals surface area contributed by atoms with Gasteiger partial charge in [-0.15, -0.1) is 0 Å². The third-order valence-corrected chi connectivity index (χ3v) is 4.10. The number of furan rings is 1. The van der Waals surface area contributed by atoms with Crippen LogP contribution in [-0.2, 0) is 6.42 Å². The first-order valence-electron chi connectivity index (χ1n) is 7.05. The van der Waals surface area contributed by atoms with Crippen molar-refractivity contribution in [3.05, 3.63) is 59.0 Å². The number of hydrogen-bond acceptors (Lipinski definition) is 2. The van der Waals surface area contributed by atoms with E-state index in [1.807, 2.05) is 24.3 Å². The van der Waals surface area contributed by atoms with Crippen molar-refractivity contribution in [2.45, 2.75) is 38.7 Å². The Hall–Kier alpha value is -1.54. The van der Waals surface area contributed by atoms with Gasteiger partial charge in [-0.3, -0.25) is 0 Å². The predicted octanol–water partition coefficient (Wildman–Crippen LogP) is 4.05. The van der Waals surface area contributed by atoms with Crippen molar-refractivity contribution in [3.63, 3.8) is 0 Å². The fourth-order valence-electron chi connectivity index (χ4n) is 2.53. The molecule has 19 heavy (non-hydrogen) atoms. The van der Waals surface area contributed by atoms with Crippen molar-refractivity contribution in [1.82, 2.24) is 0 Å². The van der Waals surface area contributed by atoms with Crippen molar-refractivity contribution in [3.8, 4) is 0 Å². The van der Waals surface area contributed by atoms with Crippen LogP contribution in [0.5, 0.6) is 0 Å². The molecule has 0 aliphatic heterocycles. The van der Waals surface area contributed by atoms with Crippen molar-refractivity contribution >= 4 is 0 Å². The Bertz CT molecular complexity index is 553. The highest BCUT2D eigenvalue weighted by Crippen LogP contribution is 2.47. The van der Waals surface area contributed by atoms with E-state index in [2.05, 4.69) is 26.0 Å². The second-order valence-corrected chi connectivity index (χ2v) is 5.56. The molecule has 1 aliphatic rings. The molecule has 3 rings (SSSR count). The molecule has 3 atom stereocenters. The summed E-state index contributed by atoms with van der Waals surface area (Å²) in [6.45, 7) is 4.35. The number of aliphatic hydroxyl groups is 1. The number of benzene rings is 1. The van der Waals surface area contributed by atoms with Gasteiger partial charge < -0.3 is 9.52 Å². The van der Waals surface area contributed by atoms with Crippen LogP contribution < -0.4 is 0 Å². The minimum atomic E-state index is -0.659. The number of rotatable bonds is 4. The zero-order valence-electron chi connectivity index (χ0n) is 11.5. The summed E-state index contributed by atoms with van der Waals surface area (Å²) in [7, 11) is 0. The molecule has 2 heteroatoms. The molecule has 1 saturated carbocycles. The van der Waals surface area contributed by atoms with Crippen LogP contribution in [0.4, 0.5) is 0 Å². The largest absolute Gasteiger partial charge is 0.463 e. The Kier molecular flexibility index (Phi) is 3.19. The first kappa shape index (κ1) is 12.5. The van der Waals surface area contributed by atoms with Crippen LogP contribution in [0.2, 0.25) is 0 Å². The van der Waals surface area contributed by atoms with Crippen molar-refractivity contribution in [2.24, 2.45) is 5.92 Å². The van der Waals surface area contributed by atoms with Gasteiger partial charge in [-0.1, -0.05) is 38.1 Å². The Labute approximate surface area is 114 Å². The fraction of sp³-hybridized carbons (Fsp3) is 0.412. The SMILES string of the molecule is CCc1ccc(C(O)c2ccc(C3CC3C)o2)cc1. The second kappa shape index (κ2) is 4.86. The van der Waals surface area contributed by atoms with Crippen molar-refractivity contribution in [2.75, 3.05) is 0 Å². The average molecular weight is 256 g/mol. The maximum absolute atomic E-state index is 10.3. The molecule has 1 heterocycles. The van der Waals surface area contributed by atoms with Crippen LogP contribution in [0.1, 0.15) is 54.9 Å². The highest BCUT2D eigenvalue weighted by Gasteiger charge is 2.36. The summed E-state index contributed by atoms with van der Waals surface area (Å²) in [6, 6.07) is 12.0. The van der Waals surface area contributed by atoms with Gasteiger partial charge in [0, 0.05) is 5.92 Å². The van der Waals surface area contributed by atoms with Crippen molar-refractivity contribution < 1.29 is 9.52 Å². The zero-order chi connectivity index (χ0) is 13.4. The summed E-state index contributed by atoms with van der Waals surface area (Å²) in [5.74, 6) is 2.95. The molecule has 0 saturated heterocycles. The van der Waals surface area contributed by atoms with Gasteiger partial charge in [-0.2, -0.15) is 0 Å². The lowest BCUT2D eigenvalue weighted by Crippen LogP contribution is -1.98. The van der Waals surface area contributed by atoms with Crippen LogP contribution >= 0.6 is 0 Å². The number of aryl methyl sites for hydroxylation is 1. The topological polar surface area (TPSA) is 33.4 Å². The summed E-state index contributed by atoms with van der Waals surface area (Å²) in [5, 5.41) is 10.3. The number of aliphatic hydroxyl groups excluding tert-OH is 1. The van der Waals surface area contributed by atoms with E-state index in [0.29, 0.717) is 11.7 Å². The second-order valence-electron chi connectivity index (χ2n) is 5.56. The van der Waals surface area contributed by atoms with Crippen LogP contribution in [0.3, 0.4) is 0 Å². The minimum Gasteiger partial charge on any atom is -0.463 e. The van der Waals surface area contributed by atoms with Gasteiger partial charge in [0.1, 0.15) is 17.6 Å². The molecule has 2 aromatic rings. The van der Waals surface area contributed by atoms with Crippen LogP contribution in [0.15, 0.2) is 40.8 Å². The van der Waals surface area contributed by atoms with Gasteiger partial charge in [-0.25, -0.2) is 0 Å². The summed E-state index contributed by atoms with van der Waals surface area (Å²) in [5.41, 5.74) is 2.17. The third kappa shape index (κ3) is 2.45. The maximum atomic E-state index is 10.3. The van der Waals surface area contributed by atoms with Crippen LogP contribution in [0, 0.1) is 5.92 Å². The lowest BCUT2D eigenvalue weighted by atomic mass is 10.0. The molecule has 2 nitrogen and oxygen atoms in total. The molecule has 0 radical (unpaired) electrons. The number of hydrogen-bond donors (Lipinski definition) is 1. The molecule has 1 aromatic heterocycles. The zero-order valence-corrected chi connectivity index (χ0v) is 11.5. The molecular weight excluding hydrogens is 236 g/mol. The first-order valence-corrected chi connectivity index (χ1v) is 7.05. The molecule has 1 aromatic carbocycles. The van der Waals surface area contributed by atoms with Crippen LogP contribution in [-0.4, -0.2) is 5.11 Å². The Morgan fingerprint density at radius 1 is 1.21 bits per heavy atom. The molecule has 1 N–H and O–H groups in total. The fourth-order valence-corrected chi connectivity index (χ4v) is 2.53. The summed E-state index contributed by atoms with van der Waals surface area (Å²) in [4.78, 5) is 0. The first-order chi connectivity index (χ1) is 9.19. The molecule has 0 amide bonds. The van der Waals surface area contributed by atoms with Gasteiger partial charge in [0.05, 0.1) is 0 Å². The predicted molar refractivity (Wildman–Crippen MR) is 75.1 cm³/mol. The van der Waals surface area contributed by atoms with E-state index >= 15 is 0 Å². The normalized spacial score (nSPS) is 23.3. The van der Waals surface area contributed by atoms with Gasteiger partial charge in [0.15, 0.2) is 0 Å². The highest BCUT2D eigenvalue weighted by atomic mass is 16.4. The van der Waals surface area contributed by atoms with Gasteiger partial charge in [0.2, 0.25) is 0 Å². The monoisotopic (exact) mass is 256 g/mol. The molecule has 0 spiro atoms. The summed E-state index contributed by atoms with van der Waals surface area (Å²) in [6.07, 6.45) is 1.56. The lowest BCUT2D eigenvalue weighted by Gasteiger charge is -2.09. The minimum absolute atomic E-state index is 0.559. The standard InChI is InChI=1S/C17H20O2/c1-3-12-4-6-13(7-5-12)17(18)16-9-8-15(19-16)14-10-11(14)2/h4-9,11,14,17-18H,3,10H2,1-2H3. The Balaban J connectivity index is 1.78. The Morgan fingerprint density at radius 3 is 2.47 bits per heavy atom. The molecule has 1 fully saturated rings. The molecule has 0 bridgehead atoms. The molecule has 100 valence electrons. The third-order valence-electron chi connectivity index (χ3n) is 4.10. The van der Waals surface area contributed by atoms with E-state index in [1.165, 1.54) is 12.0 Å². The van der Waals surface area contributed by atoms with E-state index in [9.17, 15) is 5.11 Å². The Morgan fingerprint density at radius 2 is 1.89 bits per heavy atom. The maximum Gasteiger partial charge on any atom is 0.137 e. The van der Waals surface area contributed by atoms with E-state index in [-0.39, 0.29) is 0 Å². The van der Waals surface area contributed by atoms with Gasteiger partial charge >= 0.3 is 0 Å². The molecular formula is C17H20O2. The quantitative estimate of drug-likeness (QED) is 0.895. The van der Waals surface area contributed by atoms with Gasteiger partial charge in [-0.05, 0) is 42.0 Å². The van der Waals surface area contributed by atoms with Crippen molar-refractivity contribution in [1.29, 1.82) is 0 Å². The average Bonchev–Trinajstić information content (AvgIpc) is 2.99. The molecule has 1 aliphatic carbocycles. The van der Waals surface area contributed by atoms with E-state index < -0.39 is 6.10 Å². The summed E-state index contributed by atoms with van der Waals surface area (Å²) < 4.78 is 5.80. The van der Waals surface area contributed by atoms with E-state index in [1.54, 1.807) is 0 Å². The van der Waals surface area contributed by atoms with Gasteiger partial charge in [0.25, 0.3) is 0 Å². The lowest BCUT2D eigenvalue weighted by molar-refractivity contribution is 0.186. The summed E-state index contributed by atoms with van der Waals surface area (Å²) >= 11 is 0. The van der Waals surface area contributed by atoms with E-state index in [4.69, 9.17) is 4.42 Å². The van der Waals surface area contributed by atoms with E-state index in [0.717, 1.165) is 23.7 Å². The van der Waals surface area contributed by atoms with Crippen LogP contribution in [0.25, 0.3) is 0 Å². The smallest absolute Gasteiger partial charge is 0.137 e. The molecule has 3 unspecified atom stereocenters. The highest BCUT2D eigenvalue weighted by molar-refractivity contribution is 5.29.